The summed E-state index contributed by atoms with van der Waals surface area (Å²) in [5, 5.41) is 4.53. The van der Waals surface area contributed by atoms with Crippen molar-refractivity contribution in [1.29, 1.82) is 0 Å². The first-order valence-corrected chi connectivity index (χ1v) is 7.03. The quantitative estimate of drug-likeness (QED) is 0.782. The van der Waals surface area contributed by atoms with E-state index in [1.165, 1.54) is 11.5 Å². The van der Waals surface area contributed by atoms with Gasteiger partial charge in [0.2, 0.25) is 0 Å². The minimum absolute atomic E-state index is 0.314. The zero-order chi connectivity index (χ0) is 11.5. The lowest BCUT2D eigenvalue weighted by Gasteiger charge is -2.23. The third-order valence-electron chi connectivity index (χ3n) is 2.56. The Morgan fingerprint density at radius 1 is 1.53 bits per heavy atom. The van der Waals surface area contributed by atoms with Crippen LogP contribution in [0, 0.1) is 5.41 Å². The Morgan fingerprint density at radius 2 is 2.20 bits per heavy atom. The number of hydrogen-bond donors (Lipinski definition) is 2. The molecule has 0 aliphatic heterocycles. The van der Waals surface area contributed by atoms with Crippen molar-refractivity contribution < 1.29 is 0 Å². The Bertz CT molecular complexity index is 320. The van der Waals surface area contributed by atoms with E-state index in [1.807, 2.05) is 6.26 Å². The summed E-state index contributed by atoms with van der Waals surface area (Å²) >= 11 is 3.09. The summed E-state index contributed by atoms with van der Waals surface area (Å²) in [6.45, 7) is 7.67. The minimum Gasteiger partial charge on any atom is -0.382 e. The highest BCUT2D eigenvalue weighted by molar-refractivity contribution is 7.99. The maximum Gasteiger partial charge on any atom is 0.153 e. The molecule has 0 bridgehead atoms. The minimum atomic E-state index is 0.314. The molecular weight excluding hydrogens is 226 g/mol. The fourth-order valence-electron chi connectivity index (χ4n) is 1.05. The Kier molecular flexibility index (Phi) is 4.28. The summed E-state index contributed by atoms with van der Waals surface area (Å²) < 4.78 is 4.15. The summed E-state index contributed by atoms with van der Waals surface area (Å²) in [6, 6.07) is 0. The number of hydrogen-bond acceptors (Lipinski definition) is 5. The smallest absolute Gasteiger partial charge is 0.153 e. The molecule has 0 saturated heterocycles. The molecular formula is C10H19N3S2. The number of nitrogens with two attached hydrogens (primary N) is 1. The molecule has 0 fully saturated rings. The van der Waals surface area contributed by atoms with Gasteiger partial charge in [-0.1, -0.05) is 20.8 Å². The first-order valence-electron chi connectivity index (χ1n) is 5.03. The number of rotatable bonds is 5. The monoisotopic (exact) mass is 245 g/mol. The molecule has 1 aromatic heterocycles. The first kappa shape index (κ1) is 12.6. The number of thioether (sulfide) groups is 1. The number of nitrogens with zero attached hydrogens (tertiary/aromatic N) is 1. The number of aromatic nitrogens is 1. The molecule has 0 spiro atoms. The molecule has 1 heterocycles. The Hall–Kier alpha value is -0.420. The molecule has 0 atom stereocenters. The Labute approximate surface area is 100.0 Å². The molecule has 0 radical (unpaired) electrons. The van der Waals surface area contributed by atoms with Gasteiger partial charge in [0, 0.05) is 6.54 Å². The van der Waals surface area contributed by atoms with Crippen LogP contribution in [0.4, 0.5) is 10.8 Å². The van der Waals surface area contributed by atoms with Crippen molar-refractivity contribution in [2.45, 2.75) is 32.1 Å². The van der Waals surface area contributed by atoms with Gasteiger partial charge in [0.1, 0.15) is 5.00 Å². The molecule has 0 aliphatic rings. The van der Waals surface area contributed by atoms with Crippen LogP contribution < -0.4 is 11.1 Å². The van der Waals surface area contributed by atoms with Crippen LogP contribution >= 0.6 is 23.3 Å². The molecule has 1 rings (SSSR count). The van der Waals surface area contributed by atoms with Crippen molar-refractivity contribution >= 4 is 34.1 Å². The van der Waals surface area contributed by atoms with Gasteiger partial charge in [0.25, 0.3) is 0 Å². The van der Waals surface area contributed by atoms with Gasteiger partial charge in [-0.25, -0.2) is 0 Å². The van der Waals surface area contributed by atoms with Gasteiger partial charge in [-0.05, 0) is 29.6 Å². The lowest BCUT2D eigenvalue weighted by atomic mass is 9.90. The van der Waals surface area contributed by atoms with Crippen LogP contribution in [0.1, 0.15) is 27.2 Å². The second-order valence-electron chi connectivity index (χ2n) is 4.30. The topological polar surface area (TPSA) is 50.9 Å². The molecule has 0 aromatic carbocycles. The van der Waals surface area contributed by atoms with E-state index in [1.54, 1.807) is 11.8 Å². The van der Waals surface area contributed by atoms with Crippen molar-refractivity contribution in [3.63, 3.8) is 0 Å². The third-order valence-corrected chi connectivity index (χ3v) is 4.33. The van der Waals surface area contributed by atoms with Crippen LogP contribution in [0.5, 0.6) is 0 Å². The van der Waals surface area contributed by atoms with Gasteiger partial charge in [-0.2, -0.15) is 4.37 Å². The highest BCUT2D eigenvalue weighted by Gasteiger charge is 2.17. The van der Waals surface area contributed by atoms with Crippen molar-refractivity contribution in [3.8, 4) is 0 Å². The van der Waals surface area contributed by atoms with E-state index < -0.39 is 0 Å². The zero-order valence-corrected chi connectivity index (χ0v) is 11.4. The maximum absolute atomic E-state index is 5.76. The first-order chi connectivity index (χ1) is 7.00. The van der Waals surface area contributed by atoms with E-state index in [-0.39, 0.29) is 0 Å². The predicted molar refractivity (Wildman–Crippen MR) is 70.9 cm³/mol. The highest BCUT2D eigenvalue weighted by Crippen LogP contribution is 2.35. The third kappa shape index (κ3) is 3.28. The largest absolute Gasteiger partial charge is 0.382 e. The lowest BCUT2D eigenvalue weighted by Crippen LogP contribution is -2.21. The molecule has 0 unspecified atom stereocenters. The Balaban J connectivity index is 2.65. The van der Waals surface area contributed by atoms with Crippen LogP contribution in [0.15, 0.2) is 4.90 Å². The molecule has 1 aromatic rings. The normalized spacial score (nSPS) is 11.7. The summed E-state index contributed by atoms with van der Waals surface area (Å²) in [4.78, 5) is 1.08. The molecule has 0 amide bonds. The number of nitrogen functional groups attached to an aromatic ring is 1. The summed E-state index contributed by atoms with van der Waals surface area (Å²) in [5.41, 5.74) is 6.08. The van der Waals surface area contributed by atoms with Gasteiger partial charge in [-0.15, -0.1) is 11.8 Å². The van der Waals surface area contributed by atoms with Gasteiger partial charge in [-0.3, -0.25) is 0 Å². The SMILES string of the molecule is CCC(C)(C)CNc1snc(N)c1SC. The van der Waals surface area contributed by atoms with E-state index >= 15 is 0 Å². The number of nitrogens with one attached hydrogen (secondary N) is 1. The van der Waals surface area contributed by atoms with Crippen LogP contribution in [0.25, 0.3) is 0 Å². The molecule has 15 heavy (non-hydrogen) atoms. The second-order valence-corrected chi connectivity index (χ2v) is 5.89. The highest BCUT2D eigenvalue weighted by atomic mass is 32.2. The molecule has 5 heteroatoms. The summed E-state index contributed by atoms with van der Waals surface area (Å²) in [5.74, 6) is 0.643. The molecule has 0 aliphatic carbocycles. The van der Waals surface area contributed by atoms with Crippen molar-refractivity contribution in [2.75, 3.05) is 23.9 Å². The van der Waals surface area contributed by atoms with Crippen LogP contribution in [-0.4, -0.2) is 17.2 Å². The number of anilines is 2. The summed E-state index contributed by atoms with van der Waals surface area (Å²) in [6.07, 6.45) is 3.18. The second kappa shape index (κ2) is 5.07. The van der Waals surface area contributed by atoms with E-state index in [0.717, 1.165) is 22.9 Å². The molecule has 86 valence electrons. The standard InChI is InChI=1S/C10H19N3S2/c1-5-10(2,3)6-12-9-7(14-4)8(11)13-15-9/h12H,5-6H2,1-4H3,(H2,11,13). The maximum atomic E-state index is 5.76. The van der Waals surface area contributed by atoms with Gasteiger partial charge >= 0.3 is 0 Å². The van der Waals surface area contributed by atoms with Gasteiger partial charge in [0.15, 0.2) is 5.82 Å². The van der Waals surface area contributed by atoms with Gasteiger partial charge < -0.3 is 11.1 Å². The van der Waals surface area contributed by atoms with Crippen LogP contribution in [0.2, 0.25) is 0 Å². The van der Waals surface area contributed by atoms with Crippen LogP contribution in [-0.2, 0) is 0 Å². The van der Waals surface area contributed by atoms with E-state index in [4.69, 9.17) is 5.73 Å². The molecule has 0 saturated carbocycles. The summed E-state index contributed by atoms with van der Waals surface area (Å²) in [7, 11) is 0. The Morgan fingerprint density at radius 3 is 2.73 bits per heavy atom. The predicted octanol–water partition coefficient (Wildman–Crippen LogP) is 3.30. The van der Waals surface area contributed by atoms with E-state index in [0.29, 0.717) is 11.2 Å². The van der Waals surface area contributed by atoms with Crippen molar-refractivity contribution in [1.82, 2.24) is 4.37 Å². The molecule has 3 nitrogen and oxygen atoms in total. The lowest BCUT2D eigenvalue weighted by molar-refractivity contribution is 0.377. The molecule has 3 N–H and O–H groups in total. The zero-order valence-electron chi connectivity index (χ0n) is 9.76. The van der Waals surface area contributed by atoms with E-state index in [9.17, 15) is 0 Å². The van der Waals surface area contributed by atoms with Crippen LogP contribution in [0.3, 0.4) is 0 Å². The van der Waals surface area contributed by atoms with Gasteiger partial charge in [0.05, 0.1) is 4.90 Å². The average Bonchev–Trinajstić information content (AvgIpc) is 2.56. The van der Waals surface area contributed by atoms with Crippen molar-refractivity contribution in [2.24, 2.45) is 5.41 Å². The fraction of sp³-hybridized carbons (Fsp3) is 0.700. The van der Waals surface area contributed by atoms with Crippen molar-refractivity contribution in [3.05, 3.63) is 0 Å². The average molecular weight is 245 g/mol. The fourth-order valence-corrected chi connectivity index (χ4v) is 2.59. The van der Waals surface area contributed by atoms with E-state index in [2.05, 4.69) is 30.5 Å².